The van der Waals surface area contributed by atoms with E-state index in [1.165, 1.54) is 16.4 Å². The van der Waals surface area contributed by atoms with Crippen LogP contribution >= 0.6 is 0 Å². The van der Waals surface area contributed by atoms with Gasteiger partial charge in [-0.2, -0.15) is 4.31 Å². The highest BCUT2D eigenvalue weighted by Gasteiger charge is 2.29. The second-order valence-corrected chi connectivity index (χ2v) is 9.22. The summed E-state index contributed by atoms with van der Waals surface area (Å²) in [6.07, 6.45) is -0.0820. The minimum Gasteiger partial charge on any atom is -0.480 e. The fourth-order valence-corrected chi connectivity index (χ4v) is 4.53. The zero-order chi connectivity index (χ0) is 21.1. The van der Waals surface area contributed by atoms with Crippen molar-refractivity contribution in [3.05, 3.63) is 90.0 Å². The first-order valence-electron chi connectivity index (χ1n) is 9.59. The van der Waals surface area contributed by atoms with Crippen molar-refractivity contribution in [2.75, 3.05) is 12.4 Å². The first-order chi connectivity index (χ1) is 14.4. The number of fused-ring (bicyclic) bond motifs is 1. The van der Waals surface area contributed by atoms with Gasteiger partial charge in [0, 0.05) is 25.7 Å². The van der Waals surface area contributed by atoms with Gasteiger partial charge in [0.2, 0.25) is 10.0 Å². The number of nitrogens with one attached hydrogen (secondary N) is 1. The van der Waals surface area contributed by atoms with Crippen LogP contribution in [0.1, 0.15) is 11.1 Å². The molecule has 0 aromatic heterocycles. The highest BCUT2D eigenvalue weighted by molar-refractivity contribution is 7.89. The van der Waals surface area contributed by atoms with Crippen LogP contribution in [0.5, 0.6) is 5.75 Å². The first kappa shape index (κ1) is 20.1. The normalized spacial score (nSPS) is 15.5. The number of sulfonamides is 1. The molecular weight excluding hydrogens is 400 g/mol. The fraction of sp³-hybridized carbons (Fsp3) is 0.174. The highest BCUT2D eigenvalue weighted by Crippen LogP contribution is 2.29. The SMILES string of the molecule is CN(Cc1ccccc1)S(=O)(=O)c1ccc(NC(=O)[C@@H]2Cc3ccccc3O2)cc1. The van der Waals surface area contributed by atoms with Crippen LogP contribution in [-0.2, 0) is 27.8 Å². The van der Waals surface area contributed by atoms with Crippen LogP contribution < -0.4 is 10.1 Å². The van der Waals surface area contributed by atoms with Crippen molar-refractivity contribution < 1.29 is 17.9 Å². The molecule has 3 aromatic carbocycles. The molecule has 0 bridgehead atoms. The summed E-state index contributed by atoms with van der Waals surface area (Å²) in [5.41, 5.74) is 2.43. The highest BCUT2D eigenvalue weighted by atomic mass is 32.2. The Labute approximate surface area is 176 Å². The molecule has 3 aromatic rings. The Hall–Kier alpha value is -3.16. The lowest BCUT2D eigenvalue weighted by Crippen LogP contribution is -2.31. The molecule has 1 heterocycles. The van der Waals surface area contributed by atoms with Gasteiger partial charge in [0.25, 0.3) is 5.91 Å². The molecule has 0 fully saturated rings. The number of nitrogens with zero attached hydrogens (tertiary/aromatic N) is 1. The van der Waals surface area contributed by atoms with E-state index in [-0.39, 0.29) is 17.3 Å². The maximum absolute atomic E-state index is 12.8. The van der Waals surface area contributed by atoms with Gasteiger partial charge in [-0.3, -0.25) is 4.79 Å². The van der Waals surface area contributed by atoms with E-state index in [0.29, 0.717) is 12.1 Å². The fourth-order valence-electron chi connectivity index (χ4n) is 3.37. The third kappa shape index (κ3) is 4.22. The van der Waals surface area contributed by atoms with Gasteiger partial charge in [0.05, 0.1) is 4.90 Å². The van der Waals surface area contributed by atoms with E-state index in [0.717, 1.165) is 16.9 Å². The molecular formula is C23H22N2O4S. The van der Waals surface area contributed by atoms with E-state index in [1.807, 2.05) is 54.6 Å². The molecule has 4 rings (SSSR count). The number of para-hydroxylation sites is 1. The van der Waals surface area contributed by atoms with Crippen molar-refractivity contribution in [2.24, 2.45) is 0 Å². The molecule has 30 heavy (non-hydrogen) atoms. The van der Waals surface area contributed by atoms with Gasteiger partial charge in [-0.1, -0.05) is 48.5 Å². The van der Waals surface area contributed by atoms with E-state index in [1.54, 1.807) is 19.2 Å². The lowest BCUT2D eigenvalue weighted by molar-refractivity contribution is -0.122. The molecule has 1 atom stereocenters. The Bertz CT molecular complexity index is 1120. The monoisotopic (exact) mass is 422 g/mol. The van der Waals surface area contributed by atoms with Gasteiger partial charge < -0.3 is 10.1 Å². The molecule has 7 heteroatoms. The van der Waals surface area contributed by atoms with Crippen molar-refractivity contribution >= 4 is 21.6 Å². The largest absolute Gasteiger partial charge is 0.480 e. The number of anilines is 1. The summed E-state index contributed by atoms with van der Waals surface area (Å²) in [6, 6.07) is 23.1. The van der Waals surface area contributed by atoms with Crippen LogP contribution in [0.25, 0.3) is 0 Å². The van der Waals surface area contributed by atoms with Crippen LogP contribution in [0.4, 0.5) is 5.69 Å². The van der Waals surface area contributed by atoms with Gasteiger partial charge in [-0.05, 0) is 41.5 Å². The minimum absolute atomic E-state index is 0.170. The maximum Gasteiger partial charge on any atom is 0.265 e. The quantitative estimate of drug-likeness (QED) is 0.660. The van der Waals surface area contributed by atoms with Gasteiger partial charge in [-0.25, -0.2) is 8.42 Å². The number of amides is 1. The molecule has 0 radical (unpaired) electrons. The van der Waals surface area contributed by atoms with Crippen LogP contribution in [0.15, 0.2) is 83.8 Å². The Morgan fingerprint density at radius 3 is 2.37 bits per heavy atom. The average molecular weight is 423 g/mol. The van der Waals surface area contributed by atoms with Crippen molar-refractivity contribution in [3.8, 4) is 5.75 Å². The van der Waals surface area contributed by atoms with Gasteiger partial charge in [0.1, 0.15) is 5.75 Å². The summed E-state index contributed by atoms with van der Waals surface area (Å²) in [4.78, 5) is 12.7. The van der Waals surface area contributed by atoms with E-state index >= 15 is 0 Å². The maximum atomic E-state index is 12.8. The molecule has 0 unspecified atom stereocenters. The number of carbonyl (C=O) groups excluding carboxylic acids is 1. The van der Waals surface area contributed by atoms with Crippen LogP contribution in [0.3, 0.4) is 0 Å². The Morgan fingerprint density at radius 2 is 1.67 bits per heavy atom. The van der Waals surface area contributed by atoms with E-state index in [9.17, 15) is 13.2 Å². The summed E-state index contributed by atoms with van der Waals surface area (Å²) in [7, 11) is -2.09. The van der Waals surface area contributed by atoms with Crippen molar-refractivity contribution in [3.63, 3.8) is 0 Å². The molecule has 0 saturated heterocycles. The topological polar surface area (TPSA) is 75.7 Å². The summed E-state index contributed by atoms with van der Waals surface area (Å²) < 4.78 is 32.6. The first-order valence-corrected chi connectivity index (χ1v) is 11.0. The van der Waals surface area contributed by atoms with Gasteiger partial charge in [-0.15, -0.1) is 0 Å². The van der Waals surface area contributed by atoms with Crippen molar-refractivity contribution in [1.29, 1.82) is 0 Å². The number of ether oxygens (including phenoxy) is 1. The number of benzene rings is 3. The summed E-state index contributed by atoms with van der Waals surface area (Å²) >= 11 is 0. The number of hydrogen-bond acceptors (Lipinski definition) is 4. The average Bonchev–Trinajstić information content (AvgIpc) is 3.19. The molecule has 1 amide bonds. The summed E-state index contributed by atoms with van der Waals surface area (Å²) in [5, 5.41) is 2.79. The number of hydrogen-bond donors (Lipinski definition) is 1. The lowest BCUT2D eigenvalue weighted by atomic mass is 10.1. The zero-order valence-corrected chi connectivity index (χ0v) is 17.3. The van der Waals surface area contributed by atoms with Crippen LogP contribution in [-0.4, -0.2) is 31.8 Å². The van der Waals surface area contributed by atoms with Crippen LogP contribution in [0.2, 0.25) is 0 Å². The molecule has 1 aliphatic rings. The van der Waals surface area contributed by atoms with E-state index in [2.05, 4.69) is 5.32 Å². The van der Waals surface area contributed by atoms with Crippen LogP contribution in [0, 0.1) is 0 Å². The minimum atomic E-state index is -3.64. The summed E-state index contributed by atoms with van der Waals surface area (Å²) in [6.45, 7) is 0.279. The van der Waals surface area contributed by atoms with Crippen molar-refractivity contribution in [1.82, 2.24) is 4.31 Å². The lowest BCUT2D eigenvalue weighted by Gasteiger charge is -2.18. The number of carbonyl (C=O) groups is 1. The molecule has 1 N–H and O–H groups in total. The second kappa shape index (κ2) is 8.30. The Balaban J connectivity index is 1.40. The molecule has 1 aliphatic heterocycles. The third-order valence-electron chi connectivity index (χ3n) is 5.02. The molecule has 0 aliphatic carbocycles. The zero-order valence-electron chi connectivity index (χ0n) is 16.5. The van der Waals surface area contributed by atoms with Gasteiger partial charge in [0.15, 0.2) is 6.10 Å². The second-order valence-electron chi connectivity index (χ2n) is 7.18. The van der Waals surface area contributed by atoms with E-state index < -0.39 is 16.1 Å². The van der Waals surface area contributed by atoms with E-state index in [4.69, 9.17) is 4.74 Å². The molecule has 6 nitrogen and oxygen atoms in total. The van der Waals surface area contributed by atoms with Gasteiger partial charge >= 0.3 is 0 Å². The summed E-state index contributed by atoms with van der Waals surface area (Å²) in [5.74, 6) is 0.462. The smallest absolute Gasteiger partial charge is 0.265 e. The molecule has 154 valence electrons. The van der Waals surface area contributed by atoms with Crippen molar-refractivity contribution in [2.45, 2.75) is 24.0 Å². The predicted molar refractivity (Wildman–Crippen MR) is 115 cm³/mol. The predicted octanol–water partition coefficient (Wildman–Crippen LogP) is 3.45. The number of rotatable bonds is 6. The Morgan fingerprint density at radius 1 is 1.00 bits per heavy atom. The standard InChI is InChI=1S/C23H22N2O4S/c1-25(16-17-7-3-2-4-8-17)30(27,28)20-13-11-19(12-14-20)24-23(26)22-15-18-9-5-6-10-21(18)29-22/h2-14,22H,15-16H2,1H3,(H,24,26)/t22-/m0/s1. The molecule has 0 saturated carbocycles. The molecule has 0 spiro atoms. The Kier molecular flexibility index (Phi) is 5.57. The third-order valence-corrected chi connectivity index (χ3v) is 6.84.